The Morgan fingerprint density at radius 2 is 1.50 bits per heavy atom. The van der Waals surface area contributed by atoms with Gasteiger partial charge < -0.3 is 15.1 Å². The number of nitrogens with zero attached hydrogens (tertiary/aromatic N) is 3. The van der Waals surface area contributed by atoms with Crippen LogP contribution in [0.1, 0.15) is 30.1 Å². The quantitative estimate of drug-likeness (QED) is 0.679. The highest BCUT2D eigenvalue weighted by Crippen LogP contribution is 2.23. The number of anilines is 1. The minimum atomic E-state index is -3.56. The summed E-state index contributed by atoms with van der Waals surface area (Å²) in [6.45, 7) is 5.78. The van der Waals surface area contributed by atoms with Crippen molar-refractivity contribution in [2.45, 2.75) is 24.7 Å². The number of nitrogens with one attached hydrogen (secondary N) is 1. The van der Waals surface area contributed by atoms with Gasteiger partial charge in [0.05, 0.1) is 11.4 Å². The van der Waals surface area contributed by atoms with E-state index in [9.17, 15) is 18.0 Å². The molecule has 8 nitrogen and oxygen atoms in total. The van der Waals surface area contributed by atoms with Crippen LogP contribution in [-0.2, 0) is 14.8 Å². The van der Waals surface area contributed by atoms with Crippen molar-refractivity contribution in [3.63, 3.8) is 0 Å². The zero-order chi connectivity index (χ0) is 24.1. The van der Waals surface area contributed by atoms with Crippen molar-refractivity contribution in [1.29, 1.82) is 0 Å². The Morgan fingerprint density at radius 1 is 0.882 bits per heavy atom. The van der Waals surface area contributed by atoms with Gasteiger partial charge in [-0.15, -0.1) is 0 Å². The second-order valence-electron chi connectivity index (χ2n) is 9.00. The summed E-state index contributed by atoms with van der Waals surface area (Å²) in [6.07, 6.45) is 1.71. The third-order valence-corrected chi connectivity index (χ3v) is 8.56. The van der Waals surface area contributed by atoms with E-state index in [0.29, 0.717) is 37.7 Å². The molecule has 1 N–H and O–H groups in total. The molecule has 2 fully saturated rings. The first-order valence-electron chi connectivity index (χ1n) is 11.8. The monoisotopic (exact) mass is 484 g/mol. The Labute approximate surface area is 201 Å². The Morgan fingerprint density at radius 3 is 2.12 bits per heavy atom. The highest BCUT2D eigenvalue weighted by atomic mass is 32.2. The fourth-order valence-corrected chi connectivity index (χ4v) is 5.84. The zero-order valence-corrected chi connectivity index (χ0v) is 20.3. The molecule has 2 aliphatic rings. The Bertz CT molecular complexity index is 1090. The van der Waals surface area contributed by atoms with Crippen LogP contribution in [0.5, 0.6) is 0 Å². The second kappa shape index (κ2) is 10.6. The summed E-state index contributed by atoms with van der Waals surface area (Å²) in [6, 6.07) is 16.0. The van der Waals surface area contributed by atoms with Gasteiger partial charge in [-0.1, -0.05) is 25.1 Å². The highest BCUT2D eigenvalue weighted by Gasteiger charge is 2.28. The van der Waals surface area contributed by atoms with E-state index >= 15 is 0 Å². The van der Waals surface area contributed by atoms with E-state index in [1.807, 2.05) is 18.2 Å². The number of carbonyl (C=O) groups excluding carboxylic acids is 2. The molecule has 4 rings (SSSR count). The molecule has 0 spiro atoms. The van der Waals surface area contributed by atoms with Gasteiger partial charge in [-0.05, 0) is 55.2 Å². The van der Waals surface area contributed by atoms with Gasteiger partial charge in [0, 0.05) is 50.5 Å². The van der Waals surface area contributed by atoms with Gasteiger partial charge in [0.15, 0.2) is 0 Å². The largest absolute Gasteiger partial charge is 0.368 e. The van der Waals surface area contributed by atoms with Crippen molar-refractivity contribution in [2.75, 3.05) is 50.7 Å². The van der Waals surface area contributed by atoms with E-state index in [-0.39, 0.29) is 17.3 Å². The van der Waals surface area contributed by atoms with Crippen LogP contribution in [0.25, 0.3) is 0 Å². The molecule has 2 amide bonds. The molecule has 0 aliphatic carbocycles. The molecular weight excluding hydrogens is 452 g/mol. The second-order valence-corrected chi connectivity index (χ2v) is 10.9. The van der Waals surface area contributed by atoms with Gasteiger partial charge in [0.25, 0.3) is 5.91 Å². The maximum atomic E-state index is 12.9. The van der Waals surface area contributed by atoms with Crippen LogP contribution >= 0.6 is 0 Å². The molecule has 0 unspecified atom stereocenters. The third-order valence-electron chi connectivity index (χ3n) is 6.65. The molecule has 0 saturated carbocycles. The average Bonchev–Trinajstić information content (AvgIpc) is 2.88. The van der Waals surface area contributed by atoms with Crippen LogP contribution in [0.4, 0.5) is 5.69 Å². The molecule has 0 aromatic heterocycles. The summed E-state index contributed by atoms with van der Waals surface area (Å²) < 4.78 is 27.2. The van der Waals surface area contributed by atoms with E-state index < -0.39 is 15.9 Å². The summed E-state index contributed by atoms with van der Waals surface area (Å²) >= 11 is 0. The molecule has 2 aromatic rings. The summed E-state index contributed by atoms with van der Waals surface area (Å²) in [7, 11) is -3.56. The van der Waals surface area contributed by atoms with Gasteiger partial charge >= 0.3 is 0 Å². The van der Waals surface area contributed by atoms with Crippen LogP contribution < -0.4 is 10.2 Å². The molecule has 182 valence electrons. The summed E-state index contributed by atoms with van der Waals surface area (Å²) in [4.78, 5) is 29.3. The van der Waals surface area contributed by atoms with Crippen LogP contribution in [0.15, 0.2) is 59.5 Å². The highest BCUT2D eigenvalue weighted by molar-refractivity contribution is 7.89. The summed E-state index contributed by atoms with van der Waals surface area (Å²) in [5, 5.41) is 2.66. The molecule has 2 aliphatic heterocycles. The lowest BCUT2D eigenvalue weighted by Gasteiger charge is -2.36. The van der Waals surface area contributed by atoms with Crippen LogP contribution in [0.2, 0.25) is 0 Å². The minimum Gasteiger partial charge on any atom is -0.368 e. The molecule has 34 heavy (non-hydrogen) atoms. The number of hydrogen-bond donors (Lipinski definition) is 1. The van der Waals surface area contributed by atoms with Gasteiger partial charge in [-0.3, -0.25) is 9.59 Å². The zero-order valence-electron chi connectivity index (χ0n) is 19.5. The minimum absolute atomic E-state index is 0.0871. The number of amides is 2. The Balaban J connectivity index is 1.27. The fourth-order valence-electron chi connectivity index (χ4n) is 4.38. The lowest BCUT2D eigenvalue weighted by Crippen LogP contribution is -2.51. The molecule has 0 atom stereocenters. The standard InChI is InChI=1S/C25H32N4O4S/c1-20-11-13-29(14-12-20)34(32,33)23-9-7-21(8-10-23)25(31)26-19-24(30)28-17-15-27(16-18-28)22-5-3-2-4-6-22/h2-10,20H,11-19H2,1H3,(H,26,31). The van der Waals surface area contributed by atoms with Crippen LogP contribution in [0.3, 0.4) is 0 Å². The van der Waals surface area contributed by atoms with E-state index in [1.54, 1.807) is 4.90 Å². The lowest BCUT2D eigenvalue weighted by molar-refractivity contribution is -0.130. The van der Waals surface area contributed by atoms with E-state index in [4.69, 9.17) is 0 Å². The van der Waals surface area contributed by atoms with Crippen molar-refractivity contribution < 1.29 is 18.0 Å². The number of piperazine rings is 1. The van der Waals surface area contributed by atoms with Crippen LogP contribution in [-0.4, -0.2) is 75.3 Å². The number of carbonyl (C=O) groups is 2. The summed E-state index contributed by atoms with van der Waals surface area (Å²) in [5.41, 5.74) is 1.47. The SMILES string of the molecule is CC1CCN(S(=O)(=O)c2ccc(C(=O)NCC(=O)N3CCN(c4ccccc4)CC3)cc2)CC1. The molecular formula is C25H32N4O4S. The smallest absolute Gasteiger partial charge is 0.251 e. The predicted octanol–water partition coefficient (Wildman–Crippen LogP) is 2.19. The first-order valence-corrected chi connectivity index (χ1v) is 13.2. The third kappa shape index (κ3) is 5.59. The van der Waals surface area contributed by atoms with Gasteiger partial charge in [-0.2, -0.15) is 4.31 Å². The molecule has 0 bridgehead atoms. The Hall–Kier alpha value is -2.91. The first kappa shape index (κ1) is 24.2. The fraction of sp³-hybridized carbons (Fsp3) is 0.440. The number of benzene rings is 2. The molecule has 2 aromatic carbocycles. The number of hydrogen-bond acceptors (Lipinski definition) is 5. The van der Waals surface area contributed by atoms with Crippen molar-refractivity contribution in [1.82, 2.24) is 14.5 Å². The van der Waals surface area contributed by atoms with E-state index in [1.165, 1.54) is 28.6 Å². The normalized spacial score (nSPS) is 18.0. The molecule has 9 heteroatoms. The maximum absolute atomic E-state index is 12.9. The lowest BCUT2D eigenvalue weighted by atomic mass is 10.0. The first-order chi connectivity index (χ1) is 16.3. The maximum Gasteiger partial charge on any atom is 0.251 e. The van der Waals surface area contributed by atoms with Crippen LogP contribution in [0, 0.1) is 5.92 Å². The van der Waals surface area contributed by atoms with Crippen molar-refractivity contribution in [2.24, 2.45) is 5.92 Å². The van der Waals surface area contributed by atoms with E-state index in [2.05, 4.69) is 29.3 Å². The molecule has 2 heterocycles. The van der Waals surface area contributed by atoms with E-state index in [0.717, 1.165) is 31.6 Å². The van der Waals surface area contributed by atoms with Gasteiger partial charge in [0.2, 0.25) is 15.9 Å². The molecule has 2 saturated heterocycles. The van der Waals surface area contributed by atoms with Crippen molar-refractivity contribution >= 4 is 27.5 Å². The number of sulfonamides is 1. The van der Waals surface area contributed by atoms with Crippen molar-refractivity contribution in [3.8, 4) is 0 Å². The predicted molar refractivity (Wildman–Crippen MR) is 131 cm³/mol. The number of piperidine rings is 1. The van der Waals surface area contributed by atoms with Crippen molar-refractivity contribution in [3.05, 3.63) is 60.2 Å². The summed E-state index contributed by atoms with van der Waals surface area (Å²) in [5.74, 6) is 0.0135. The number of rotatable bonds is 6. The number of para-hydroxylation sites is 1. The van der Waals surface area contributed by atoms with Gasteiger partial charge in [-0.25, -0.2) is 8.42 Å². The average molecular weight is 485 g/mol. The topological polar surface area (TPSA) is 90.0 Å². The molecule has 0 radical (unpaired) electrons. The van der Waals surface area contributed by atoms with Gasteiger partial charge in [0.1, 0.15) is 0 Å². The Kier molecular flexibility index (Phi) is 7.53.